The molecule has 7 heteroatoms. The SMILES string of the molecule is CCNC(=NCCN1CCN(Cc2ccccc2)CC1)N1CCC(c2cnn(C)c2)C1. The molecular weight excluding hydrogens is 386 g/mol. The summed E-state index contributed by atoms with van der Waals surface area (Å²) >= 11 is 0. The van der Waals surface area contributed by atoms with Gasteiger partial charge < -0.3 is 10.2 Å². The number of nitrogens with zero attached hydrogens (tertiary/aromatic N) is 6. The van der Waals surface area contributed by atoms with E-state index in [1.165, 1.54) is 17.5 Å². The van der Waals surface area contributed by atoms with E-state index < -0.39 is 0 Å². The highest BCUT2D eigenvalue weighted by Gasteiger charge is 2.27. The number of aryl methyl sites for hydroxylation is 1. The van der Waals surface area contributed by atoms with Crippen molar-refractivity contribution in [3.8, 4) is 0 Å². The van der Waals surface area contributed by atoms with Crippen LogP contribution in [0.15, 0.2) is 47.7 Å². The van der Waals surface area contributed by atoms with Gasteiger partial charge in [0, 0.05) is 78.1 Å². The van der Waals surface area contributed by atoms with Crippen molar-refractivity contribution in [2.45, 2.75) is 25.8 Å². The van der Waals surface area contributed by atoms with Crippen molar-refractivity contribution in [3.05, 3.63) is 53.9 Å². The Morgan fingerprint density at radius 3 is 2.58 bits per heavy atom. The number of hydrogen-bond acceptors (Lipinski definition) is 4. The Kier molecular flexibility index (Phi) is 7.59. The van der Waals surface area contributed by atoms with Crippen LogP contribution in [0.4, 0.5) is 0 Å². The summed E-state index contributed by atoms with van der Waals surface area (Å²) < 4.78 is 1.90. The van der Waals surface area contributed by atoms with E-state index in [4.69, 9.17) is 4.99 Å². The lowest BCUT2D eigenvalue weighted by atomic mass is 10.0. The monoisotopic (exact) mass is 423 g/mol. The first-order valence-corrected chi connectivity index (χ1v) is 11.7. The Hall–Kier alpha value is -2.38. The zero-order valence-electron chi connectivity index (χ0n) is 19.1. The fourth-order valence-electron chi connectivity index (χ4n) is 4.61. The van der Waals surface area contributed by atoms with Gasteiger partial charge in [-0.25, -0.2) is 0 Å². The number of rotatable bonds is 7. The van der Waals surface area contributed by atoms with Gasteiger partial charge in [0.2, 0.25) is 0 Å². The zero-order valence-corrected chi connectivity index (χ0v) is 19.1. The van der Waals surface area contributed by atoms with E-state index in [-0.39, 0.29) is 0 Å². The first kappa shape index (κ1) is 21.8. The van der Waals surface area contributed by atoms with Gasteiger partial charge in [0.25, 0.3) is 0 Å². The Labute approximate surface area is 186 Å². The van der Waals surface area contributed by atoms with E-state index in [9.17, 15) is 0 Å². The smallest absolute Gasteiger partial charge is 0.193 e. The van der Waals surface area contributed by atoms with E-state index in [1.807, 2.05) is 17.9 Å². The third-order valence-electron chi connectivity index (χ3n) is 6.41. The summed E-state index contributed by atoms with van der Waals surface area (Å²) in [6.07, 6.45) is 5.32. The molecule has 7 nitrogen and oxygen atoms in total. The van der Waals surface area contributed by atoms with Gasteiger partial charge in [-0.05, 0) is 24.5 Å². The molecule has 0 amide bonds. The summed E-state index contributed by atoms with van der Waals surface area (Å²) in [5.41, 5.74) is 2.75. The molecule has 1 unspecified atom stereocenters. The van der Waals surface area contributed by atoms with Gasteiger partial charge in [0.15, 0.2) is 5.96 Å². The van der Waals surface area contributed by atoms with E-state index in [0.29, 0.717) is 5.92 Å². The minimum absolute atomic E-state index is 0.551. The Balaban J connectivity index is 1.22. The van der Waals surface area contributed by atoms with Crippen molar-refractivity contribution in [2.75, 3.05) is 58.9 Å². The number of benzene rings is 1. The Morgan fingerprint density at radius 1 is 1.10 bits per heavy atom. The maximum Gasteiger partial charge on any atom is 0.193 e. The summed E-state index contributed by atoms with van der Waals surface area (Å²) in [4.78, 5) is 12.5. The second kappa shape index (κ2) is 10.8. The van der Waals surface area contributed by atoms with Crippen molar-refractivity contribution in [2.24, 2.45) is 12.0 Å². The molecule has 0 aliphatic carbocycles. The number of guanidine groups is 1. The van der Waals surface area contributed by atoms with Gasteiger partial charge in [-0.15, -0.1) is 0 Å². The molecular formula is C24H37N7. The second-order valence-corrected chi connectivity index (χ2v) is 8.72. The van der Waals surface area contributed by atoms with Gasteiger partial charge in [-0.3, -0.25) is 19.5 Å². The van der Waals surface area contributed by atoms with Gasteiger partial charge in [-0.1, -0.05) is 30.3 Å². The number of nitrogens with one attached hydrogen (secondary N) is 1. The van der Waals surface area contributed by atoms with Crippen LogP contribution in [-0.4, -0.2) is 89.3 Å². The maximum atomic E-state index is 4.97. The quantitative estimate of drug-likeness (QED) is 0.545. The molecule has 31 heavy (non-hydrogen) atoms. The van der Waals surface area contributed by atoms with Crippen LogP contribution in [0.2, 0.25) is 0 Å². The van der Waals surface area contributed by atoms with Crippen LogP contribution >= 0.6 is 0 Å². The van der Waals surface area contributed by atoms with Crippen LogP contribution < -0.4 is 5.32 Å². The predicted octanol–water partition coefficient (Wildman–Crippen LogP) is 1.99. The van der Waals surface area contributed by atoms with Crippen LogP contribution in [0.5, 0.6) is 0 Å². The van der Waals surface area contributed by atoms with Crippen molar-refractivity contribution < 1.29 is 0 Å². The minimum atomic E-state index is 0.551. The number of hydrogen-bond donors (Lipinski definition) is 1. The van der Waals surface area contributed by atoms with Crippen molar-refractivity contribution in [1.29, 1.82) is 0 Å². The highest BCUT2D eigenvalue weighted by atomic mass is 15.3. The molecule has 3 heterocycles. The summed E-state index contributed by atoms with van der Waals surface area (Å²) in [5, 5.41) is 7.84. The molecule has 0 bridgehead atoms. The van der Waals surface area contributed by atoms with Crippen molar-refractivity contribution in [1.82, 2.24) is 29.8 Å². The van der Waals surface area contributed by atoms with Crippen LogP contribution in [0.1, 0.15) is 30.4 Å². The van der Waals surface area contributed by atoms with E-state index >= 15 is 0 Å². The van der Waals surface area contributed by atoms with Crippen molar-refractivity contribution >= 4 is 5.96 Å². The summed E-state index contributed by atoms with van der Waals surface area (Å²) in [5.74, 6) is 1.62. The largest absolute Gasteiger partial charge is 0.357 e. The van der Waals surface area contributed by atoms with Crippen LogP contribution in [0.25, 0.3) is 0 Å². The number of piperazine rings is 1. The van der Waals surface area contributed by atoms with Crippen LogP contribution in [-0.2, 0) is 13.6 Å². The number of aliphatic imine (C=N–C) groups is 1. The molecule has 2 aliphatic heterocycles. The summed E-state index contributed by atoms with van der Waals surface area (Å²) in [6.45, 7) is 12.6. The van der Waals surface area contributed by atoms with Crippen molar-refractivity contribution in [3.63, 3.8) is 0 Å². The molecule has 2 fully saturated rings. The van der Waals surface area contributed by atoms with E-state index in [2.05, 4.69) is 68.6 Å². The highest BCUT2D eigenvalue weighted by molar-refractivity contribution is 5.80. The Morgan fingerprint density at radius 2 is 1.87 bits per heavy atom. The minimum Gasteiger partial charge on any atom is -0.357 e. The topological polar surface area (TPSA) is 51.9 Å². The number of likely N-dealkylation sites (tertiary alicyclic amines) is 1. The average Bonchev–Trinajstić information content (AvgIpc) is 3.44. The average molecular weight is 424 g/mol. The second-order valence-electron chi connectivity index (χ2n) is 8.72. The molecule has 2 saturated heterocycles. The van der Waals surface area contributed by atoms with Gasteiger partial charge in [0.1, 0.15) is 0 Å². The first-order valence-electron chi connectivity index (χ1n) is 11.7. The lowest BCUT2D eigenvalue weighted by Gasteiger charge is -2.34. The standard InChI is InChI=1S/C24H37N7/c1-3-25-24(31-11-9-22(20-31)23-17-27-28(2)19-23)26-10-12-29-13-15-30(16-14-29)18-21-7-5-4-6-8-21/h4-8,17,19,22H,3,9-16,18,20H2,1-2H3,(H,25,26). The fourth-order valence-corrected chi connectivity index (χ4v) is 4.61. The molecule has 0 radical (unpaired) electrons. The van der Waals surface area contributed by atoms with E-state index in [1.54, 1.807) is 0 Å². The summed E-state index contributed by atoms with van der Waals surface area (Å²) in [6, 6.07) is 10.8. The lowest BCUT2D eigenvalue weighted by Crippen LogP contribution is -2.47. The van der Waals surface area contributed by atoms with Gasteiger partial charge >= 0.3 is 0 Å². The molecule has 1 aromatic heterocycles. The summed E-state index contributed by atoms with van der Waals surface area (Å²) in [7, 11) is 1.99. The van der Waals surface area contributed by atoms with Crippen LogP contribution in [0.3, 0.4) is 0 Å². The predicted molar refractivity (Wildman–Crippen MR) is 126 cm³/mol. The number of aromatic nitrogens is 2. The van der Waals surface area contributed by atoms with Crippen LogP contribution in [0, 0.1) is 0 Å². The molecule has 1 aromatic carbocycles. The molecule has 1 atom stereocenters. The Bertz CT molecular complexity index is 823. The third kappa shape index (κ3) is 6.08. The molecule has 168 valence electrons. The third-order valence-corrected chi connectivity index (χ3v) is 6.41. The first-order chi connectivity index (χ1) is 15.2. The molecule has 2 aromatic rings. The molecule has 0 saturated carbocycles. The molecule has 4 rings (SSSR count). The zero-order chi connectivity index (χ0) is 21.5. The fraction of sp³-hybridized carbons (Fsp3) is 0.583. The maximum absolute atomic E-state index is 4.97. The highest BCUT2D eigenvalue weighted by Crippen LogP contribution is 2.26. The molecule has 0 spiro atoms. The van der Waals surface area contributed by atoms with E-state index in [0.717, 1.165) is 71.4 Å². The van der Waals surface area contributed by atoms with Gasteiger partial charge in [0.05, 0.1) is 12.7 Å². The lowest BCUT2D eigenvalue weighted by molar-refractivity contribution is 0.130. The molecule has 2 aliphatic rings. The molecule has 1 N–H and O–H groups in total. The van der Waals surface area contributed by atoms with Gasteiger partial charge in [-0.2, -0.15) is 5.10 Å². The normalized spacial score (nSPS) is 21.0.